The van der Waals surface area contributed by atoms with E-state index < -0.39 is 16.6 Å². The summed E-state index contributed by atoms with van der Waals surface area (Å²) in [5.74, 6) is -1.38. The van der Waals surface area contributed by atoms with Crippen LogP contribution in [0.3, 0.4) is 0 Å². The van der Waals surface area contributed by atoms with Crippen molar-refractivity contribution < 1.29 is 14.1 Å². The normalized spacial score (nSPS) is 16.4. The van der Waals surface area contributed by atoms with Gasteiger partial charge in [-0.1, -0.05) is 0 Å². The number of hydrogen-bond acceptors (Lipinski definition) is 4. The zero-order valence-electron chi connectivity index (χ0n) is 12.1. The molecule has 2 rings (SSSR count). The molecule has 1 saturated carbocycles. The van der Waals surface area contributed by atoms with Gasteiger partial charge in [-0.15, -0.1) is 0 Å². The van der Waals surface area contributed by atoms with E-state index in [9.17, 15) is 19.3 Å². The van der Waals surface area contributed by atoms with Crippen LogP contribution in [0.15, 0.2) is 18.2 Å². The topological polar surface area (TPSA) is 75.5 Å². The smallest absolute Gasteiger partial charge is 0.270 e. The fourth-order valence-electron chi connectivity index (χ4n) is 2.51. The Morgan fingerprint density at radius 1 is 1.48 bits per heavy atom. The molecule has 1 aliphatic carbocycles. The quantitative estimate of drug-likeness (QED) is 0.665. The molecular weight excluding hydrogens is 277 g/mol. The molecule has 0 aliphatic heterocycles. The Morgan fingerprint density at radius 2 is 2.14 bits per heavy atom. The molecule has 0 radical (unpaired) electrons. The first kappa shape index (κ1) is 15.4. The van der Waals surface area contributed by atoms with Crippen LogP contribution in [0.2, 0.25) is 0 Å². The van der Waals surface area contributed by atoms with Gasteiger partial charge in [0.05, 0.1) is 10.5 Å². The first-order valence-corrected chi connectivity index (χ1v) is 6.75. The Balaban J connectivity index is 2.10. The minimum Gasteiger partial charge on any atom is -0.350 e. The van der Waals surface area contributed by atoms with Crippen LogP contribution in [0.4, 0.5) is 10.1 Å². The molecule has 0 bridgehead atoms. The van der Waals surface area contributed by atoms with E-state index in [2.05, 4.69) is 10.2 Å². The Hall–Kier alpha value is -2.02. The van der Waals surface area contributed by atoms with Crippen LogP contribution >= 0.6 is 0 Å². The van der Waals surface area contributed by atoms with Crippen molar-refractivity contribution in [2.24, 2.45) is 0 Å². The third-order valence-electron chi connectivity index (χ3n) is 4.22. The number of carbonyl (C=O) groups excluding carboxylic acids is 1. The Kier molecular flexibility index (Phi) is 4.22. The van der Waals surface area contributed by atoms with Crippen molar-refractivity contribution in [1.29, 1.82) is 0 Å². The Bertz CT molecular complexity index is 571. The average Bonchev–Trinajstić information content (AvgIpc) is 2.36. The summed E-state index contributed by atoms with van der Waals surface area (Å²) in [6.45, 7) is 0.404. The summed E-state index contributed by atoms with van der Waals surface area (Å²) < 4.78 is 13.7. The third-order valence-corrected chi connectivity index (χ3v) is 4.22. The van der Waals surface area contributed by atoms with Crippen LogP contribution in [0.25, 0.3) is 0 Å². The molecule has 0 heterocycles. The molecule has 114 valence electrons. The number of non-ortho nitro benzene ring substituents is 1. The van der Waals surface area contributed by atoms with Gasteiger partial charge in [0, 0.05) is 24.2 Å². The zero-order chi connectivity index (χ0) is 15.6. The SMILES string of the molecule is CN(C)C1(CNC(=O)c2cc([N+](=O)[O-])ccc2F)CCC1. The van der Waals surface area contributed by atoms with Gasteiger partial charge in [0.2, 0.25) is 0 Å². The predicted octanol–water partition coefficient (Wildman–Crippen LogP) is 1.95. The standard InChI is InChI=1S/C14H18FN3O3/c1-17(2)14(6-3-7-14)9-16-13(19)11-8-10(18(20)21)4-5-12(11)15/h4-5,8H,3,6-7,9H2,1-2H3,(H,16,19). The molecule has 1 aliphatic rings. The highest BCUT2D eigenvalue weighted by Crippen LogP contribution is 2.35. The van der Waals surface area contributed by atoms with E-state index in [0.29, 0.717) is 6.54 Å². The van der Waals surface area contributed by atoms with Crippen LogP contribution in [0.1, 0.15) is 29.6 Å². The fraction of sp³-hybridized carbons (Fsp3) is 0.500. The van der Waals surface area contributed by atoms with Crippen LogP contribution in [0.5, 0.6) is 0 Å². The maximum absolute atomic E-state index is 13.7. The summed E-state index contributed by atoms with van der Waals surface area (Å²) in [6, 6.07) is 2.95. The highest BCUT2D eigenvalue weighted by Gasteiger charge is 2.39. The molecule has 21 heavy (non-hydrogen) atoms. The van der Waals surface area contributed by atoms with E-state index in [1.807, 2.05) is 14.1 Å². The number of nitrogens with one attached hydrogen (secondary N) is 1. The van der Waals surface area contributed by atoms with Crippen LogP contribution < -0.4 is 5.32 Å². The number of carbonyl (C=O) groups is 1. The molecule has 0 atom stereocenters. The number of nitro benzene ring substituents is 1. The summed E-state index contributed by atoms with van der Waals surface area (Å²) in [6.07, 6.45) is 3.04. The minimum absolute atomic E-state index is 0.0904. The van der Waals surface area contributed by atoms with Crippen molar-refractivity contribution in [2.45, 2.75) is 24.8 Å². The number of amides is 1. The van der Waals surface area contributed by atoms with Crippen molar-refractivity contribution in [3.05, 3.63) is 39.7 Å². The van der Waals surface area contributed by atoms with E-state index in [1.165, 1.54) is 0 Å². The van der Waals surface area contributed by atoms with E-state index in [-0.39, 0.29) is 16.8 Å². The highest BCUT2D eigenvalue weighted by atomic mass is 19.1. The van der Waals surface area contributed by atoms with E-state index in [4.69, 9.17) is 0 Å². The molecule has 1 aromatic rings. The second-order valence-corrected chi connectivity index (χ2v) is 5.58. The molecule has 7 heteroatoms. The van der Waals surface area contributed by atoms with Gasteiger partial charge in [-0.3, -0.25) is 14.9 Å². The number of halogens is 1. The van der Waals surface area contributed by atoms with E-state index >= 15 is 0 Å². The van der Waals surface area contributed by atoms with Crippen LogP contribution in [0, 0.1) is 15.9 Å². The van der Waals surface area contributed by atoms with Gasteiger partial charge >= 0.3 is 0 Å². The van der Waals surface area contributed by atoms with Crippen molar-refractivity contribution in [3.8, 4) is 0 Å². The molecule has 1 amide bonds. The number of benzene rings is 1. The van der Waals surface area contributed by atoms with E-state index in [1.54, 1.807) is 0 Å². The lowest BCUT2D eigenvalue weighted by molar-refractivity contribution is -0.384. The second-order valence-electron chi connectivity index (χ2n) is 5.58. The monoisotopic (exact) mass is 295 g/mol. The predicted molar refractivity (Wildman–Crippen MR) is 75.7 cm³/mol. The van der Waals surface area contributed by atoms with Crippen molar-refractivity contribution in [2.75, 3.05) is 20.6 Å². The number of nitrogens with zero attached hydrogens (tertiary/aromatic N) is 2. The molecule has 6 nitrogen and oxygen atoms in total. The summed E-state index contributed by atoms with van der Waals surface area (Å²) in [4.78, 5) is 24.2. The Morgan fingerprint density at radius 3 is 2.62 bits per heavy atom. The lowest BCUT2D eigenvalue weighted by Crippen LogP contribution is -2.57. The lowest BCUT2D eigenvalue weighted by atomic mass is 9.75. The minimum atomic E-state index is -0.759. The summed E-state index contributed by atoms with van der Waals surface area (Å²) in [5.41, 5.74) is -0.683. The number of rotatable bonds is 5. The lowest BCUT2D eigenvalue weighted by Gasteiger charge is -2.47. The van der Waals surface area contributed by atoms with Crippen molar-refractivity contribution >= 4 is 11.6 Å². The average molecular weight is 295 g/mol. The molecule has 0 saturated heterocycles. The summed E-state index contributed by atoms with van der Waals surface area (Å²) in [7, 11) is 3.89. The summed E-state index contributed by atoms with van der Waals surface area (Å²) in [5, 5.41) is 13.4. The Labute approximate surface area is 122 Å². The van der Waals surface area contributed by atoms with Gasteiger partial charge in [0.1, 0.15) is 5.82 Å². The third kappa shape index (κ3) is 3.02. The van der Waals surface area contributed by atoms with Crippen molar-refractivity contribution in [3.63, 3.8) is 0 Å². The van der Waals surface area contributed by atoms with Gasteiger partial charge in [-0.2, -0.15) is 0 Å². The maximum Gasteiger partial charge on any atom is 0.270 e. The van der Waals surface area contributed by atoms with Crippen LogP contribution in [-0.4, -0.2) is 41.9 Å². The molecule has 1 aromatic carbocycles. The molecular formula is C14H18FN3O3. The van der Waals surface area contributed by atoms with E-state index in [0.717, 1.165) is 37.5 Å². The number of hydrogen-bond donors (Lipinski definition) is 1. The van der Waals surface area contributed by atoms with Gasteiger partial charge in [0.25, 0.3) is 11.6 Å². The number of likely N-dealkylation sites (N-methyl/N-ethyl adjacent to an activating group) is 1. The molecule has 0 unspecified atom stereocenters. The first-order chi connectivity index (χ1) is 9.85. The van der Waals surface area contributed by atoms with Gasteiger partial charge in [0.15, 0.2) is 0 Å². The molecule has 0 spiro atoms. The maximum atomic E-state index is 13.7. The molecule has 1 fully saturated rings. The van der Waals surface area contributed by atoms with Crippen LogP contribution in [-0.2, 0) is 0 Å². The van der Waals surface area contributed by atoms with Gasteiger partial charge < -0.3 is 10.2 Å². The van der Waals surface area contributed by atoms with Gasteiger partial charge in [-0.05, 0) is 39.4 Å². The first-order valence-electron chi connectivity index (χ1n) is 6.75. The second kappa shape index (κ2) is 5.77. The van der Waals surface area contributed by atoms with Crippen molar-refractivity contribution in [1.82, 2.24) is 10.2 Å². The fourth-order valence-corrected chi connectivity index (χ4v) is 2.51. The zero-order valence-corrected chi connectivity index (χ0v) is 12.1. The van der Waals surface area contributed by atoms with Gasteiger partial charge in [-0.25, -0.2) is 4.39 Å². The molecule has 0 aromatic heterocycles. The molecule has 1 N–H and O–H groups in total. The largest absolute Gasteiger partial charge is 0.350 e. The summed E-state index contributed by atoms with van der Waals surface area (Å²) >= 11 is 0. The highest BCUT2D eigenvalue weighted by molar-refractivity contribution is 5.95. The number of nitro groups is 1.